The number of ether oxygens (including phenoxy) is 1. The van der Waals surface area contributed by atoms with Crippen molar-refractivity contribution in [3.05, 3.63) is 35.9 Å². The van der Waals surface area contributed by atoms with Crippen LogP contribution in [0.1, 0.15) is 50.5 Å². The minimum atomic E-state index is -0.806. The van der Waals surface area contributed by atoms with Crippen LogP contribution in [-0.2, 0) is 9.53 Å². The van der Waals surface area contributed by atoms with Crippen LogP contribution in [-0.4, -0.2) is 23.8 Å². The van der Waals surface area contributed by atoms with E-state index >= 15 is 0 Å². The van der Waals surface area contributed by atoms with E-state index in [-0.39, 0.29) is 12.7 Å². The van der Waals surface area contributed by atoms with Crippen LogP contribution in [0.5, 0.6) is 0 Å². The van der Waals surface area contributed by atoms with Gasteiger partial charge in [0.2, 0.25) is 0 Å². The quantitative estimate of drug-likeness (QED) is 0.858. The summed E-state index contributed by atoms with van der Waals surface area (Å²) in [5.41, 5.74) is 0.823. The lowest BCUT2D eigenvalue weighted by Crippen LogP contribution is -2.30. The molecule has 20 heavy (non-hydrogen) atoms. The van der Waals surface area contributed by atoms with Crippen molar-refractivity contribution in [2.24, 2.45) is 5.92 Å². The van der Waals surface area contributed by atoms with E-state index in [1.165, 1.54) is 19.3 Å². The van der Waals surface area contributed by atoms with Gasteiger partial charge in [0.15, 0.2) is 0 Å². The van der Waals surface area contributed by atoms with Crippen LogP contribution in [0.25, 0.3) is 0 Å². The summed E-state index contributed by atoms with van der Waals surface area (Å²) >= 11 is 0. The molecular formula is C17H24O3. The summed E-state index contributed by atoms with van der Waals surface area (Å²) in [5, 5.41) is 9.40. The van der Waals surface area contributed by atoms with Crippen molar-refractivity contribution in [1.29, 1.82) is 0 Å². The van der Waals surface area contributed by atoms with Crippen molar-refractivity contribution in [2.75, 3.05) is 6.61 Å². The fraction of sp³-hybridized carbons (Fsp3) is 0.588. The largest absolute Gasteiger partial charge is 0.481 e. The van der Waals surface area contributed by atoms with Gasteiger partial charge in [-0.1, -0.05) is 56.5 Å². The first-order chi connectivity index (χ1) is 9.72. The summed E-state index contributed by atoms with van der Waals surface area (Å²) < 4.78 is 5.98. The van der Waals surface area contributed by atoms with Crippen molar-refractivity contribution in [2.45, 2.75) is 51.0 Å². The third kappa shape index (κ3) is 3.83. The molecule has 3 nitrogen and oxygen atoms in total. The summed E-state index contributed by atoms with van der Waals surface area (Å²) in [5.74, 6) is -0.773. The lowest BCUT2D eigenvalue weighted by molar-refractivity contribution is -0.141. The van der Waals surface area contributed by atoms with Gasteiger partial charge in [0.1, 0.15) is 5.92 Å². The number of rotatable bonds is 6. The van der Waals surface area contributed by atoms with E-state index < -0.39 is 11.9 Å². The van der Waals surface area contributed by atoms with Gasteiger partial charge in [0.05, 0.1) is 12.7 Å². The van der Waals surface area contributed by atoms with Gasteiger partial charge in [0, 0.05) is 0 Å². The van der Waals surface area contributed by atoms with E-state index in [1.807, 2.05) is 30.3 Å². The lowest BCUT2D eigenvalue weighted by atomic mass is 9.84. The summed E-state index contributed by atoms with van der Waals surface area (Å²) in [7, 11) is 0. The highest BCUT2D eigenvalue weighted by Gasteiger charge is 2.27. The van der Waals surface area contributed by atoms with Gasteiger partial charge in [-0.25, -0.2) is 0 Å². The first-order valence-corrected chi connectivity index (χ1v) is 7.61. The predicted octanol–water partition coefficient (Wildman–Crippen LogP) is 3.84. The van der Waals surface area contributed by atoms with Crippen LogP contribution >= 0.6 is 0 Å². The molecule has 110 valence electrons. The third-order valence-electron chi connectivity index (χ3n) is 4.34. The van der Waals surface area contributed by atoms with E-state index in [2.05, 4.69) is 6.92 Å². The molecule has 1 aromatic carbocycles. The van der Waals surface area contributed by atoms with Crippen LogP contribution in [0.4, 0.5) is 0 Å². The zero-order chi connectivity index (χ0) is 14.4. The number of carboxylic acid groups (broad SMARTS) is 1. The number of carbonyl (C=O) groups is 1. The van der Waals surface area contributed by atoms with Gasteiger partial charge in [-0.2, -0.15) is 0 Å². The number of benzene rings is 1. The first kappa shape index (κ1) is 15.0. The Morgan fingerprint density at radius 3 is 2.65 bits per heavy atom. The van der Waals surface area contributed by atoms with E-state index in [1.54, 1.807) is 0 Å². The molecule has 0 aromatic heterocycles. The van der Waals surface area contributed by atoms with Crippen molar-refractivity contribution in [3.8, 4) is 0 Å². The van der Waals surface area contributed by atoms with Gasteiger partial charge in [-0.15, -0.1) is 0 Å². The highest BCUT2D eigenvalue weighted by atomic mass is 16.5. The Bertz CT molecular complexity index is 416. The van der Waals surface area contributed by atoms with Gasteiger partial charge >= 0.3 is 5.97 Å². The summed E-state index contributed by atoms with van der Waals surface area (Å²) in [6.07, 6.45) is 6.11. The summed E-state index contributed by atoms with van der Waals surface area (Å²) in [6.45, 7) is 2.47. The second-order valence-electron chi connectivity index (χ2n) is 5.63. The summed E-state index contributed by atoms with van der Waals surface area (Å²) in [6, 6.07) is 9.37. The van der Waals surface area contributed by atoms with Crippen LogP contribution < -0.4 is 0 Å². The molecule has 1 saturated carbocycles. The maximum Gasteiger partial charge on any atom is 0.313 e. The molecule has 0 aliphatic heterocycles. The highest BCUT2D eigenvalue weighted by Crippen LogP contribution is 2.30. The van der Waals surface area contributed by atoms with Crippen molar-refractivity contribution in [1.82, 2.24) is 0 Å². The molecule has 3 atom stereocenters. The topological polar surface area (TPSA) is 46.5 Å². The Balaban J connectivity index is 1.97. The number of hydrogen-bond donors (Lipinski definition) is 1. The second kappa shape index (κ2) is 7.44. The molecule has 0 heterocycles. The van der Waals surface area contributed by atoms with E-state index in [4.69, 9.17) is 4.74 Å². The highest BCUT2D eigenvalue weighted by molar-refractivity contribution is 5.76. The van der Waals surface area contributed by atoms with Crippen molar-refractivity contribution >= 4 is 5.97 Å². The molecule has 1 aliphatic rings. The molecule has 0 bridgehead atoms. The Morgan fingerprint density at radius 2 is 2.00 bits per heavy atom. The normalized spacial score (nSPS) is 24.2. The molecule has 3 heteroatoms. The van der Waals surface area contributed by atoms with E-state index in [9.17, 15) is 9.90 Å². The van der Waals surface area contributed by atoms with E-state index in [0.29, 0.717) is 5.92 Å². The average molecular weight is 276 g/mol. The zero-order valence-corrected chi connectivity index (χ0v) is 12.1. The van der Waals surface area contributed by atoms with Crippen LogP contribution in [0, 0.1) is 5.92 Å². The molecule has 1 aromatic rings. The van der Waals surface area contributed by atoms with Crippen LogP contribution in [0.3, 0.4) is 0 Å². The minimum Gasteiger partial charge on any atom is -0.481 e. The number of carboxylic acids is 1. The van der Waals surface area contributed by atoms with Crippen molar-refractivity contribution in [3.63, 3.8) is 0 Å². The molecular weight excluding hydrogens is 252 g/mol. The summed E-state index contributed by atoms with van der Waals surface area (Å²) in [4.78, 5) is 11.4. The second-order valence-corrected chi connectivity index (χ2v) is 5.63. The van der Waals surface area contributed by atoms with Crippen LogP contribution in [0.15, 0.2) is 30.3 Å². The fourth-order valence-electron chi connectivity index (χ4n) is 3.08. The minimum absolute atomic E-state index is 0.235. The zero-order valence-electron chi connectivity index (χ0n) is 12.1. The van der Waals surface area contributed by atoms with Gasteiger partial charge in [-0.05, 0) is 24.3 Å². The average Bonchev–Trinajstić information content (AvgIpc) is 2.48. The Morgan fingerprint density at radius 1 is 1.30 bits per heavy atom. The SMILES string of the molecule is CCC1CCCCC1OCC(C(=O)O)c1ccccc1. The Labute approximate surface area is 121 Å². The van der Waals surface area contributed by atoms with E-state index in [0.717, 1.165) is 18.4 Å². The first-order valence-electron chi connectivity index (χ1n) is 7.61. The molecule has 1 N–H and O–H groups in total. The Kier molecular flexibility index (Phi) is 5.60. The molecule has 2 rings (SSSR count). The molecule has 0 saturated heterocycles. The van der Waals surface area contributed by atoms with Gasteiger partial charge in [0.25, 0.3) is 0 Å². The van der Waals surface area contributed by atoms with Crippen molar-refractivity contribution < 1.29 is 14.6 Å². The molecule has 1 fully saturated rings. The molecule has 1 aliphatic carbocycles. The molecule has 0 spiro atoms. The standard InChI is InChI=1S/C17H24O3/c1-2-13-8-6-7-11-16(13)20-12-15(17(18)19)14-9-4-3-5-10-14/h3-5,9-10,13,15-16H,2,6-8,11-12H2,1H3,(H,18,19). The smallest absolute Gasteiger partial charge is 0.313 e. The maximum atomic E-state index is 11.4. The lowest BCUT2D eigenvalue weighted by Gasteiger charge is -2.31. The maximum absolute atomic E-state index is 11.4. The third-order valence-corrected chi connectivity index (χ3v) is 4.34. The van der Waals surface area contributed by atoms with Gasteiger partial charge < -0.3 is 9.84 Å². The monoisotopic (exact) mass is 276 g/mol. The number of aliphatic carboxylic acids is 1. The van der Waals surface area contributed by atoms with Gasteiger partial charge in [-0.3, -0.25) is 4.79 Å². The fourth-order valence-corrected chi connectivity index (χ4v) is 3.08. The molecule has 0 radical (unpaired) electrons. The number of hydrogen-bond acceptors (Lipinski definition) is 2. The van der Waals surface area contributed by atoms with Crippen LogP contribution in [0.2, 0.25) is 0 Å². The molecule has 3 unspecified atom stereocenters. The molecule has 0 amide bonds. The predicted molar refractivity (Wildman–Crippen MR) is 78.8 cm³/mol. The Hall–Kier alpha value is -1.35.